The third-order valence-corrected chi connectivity index (χ3v) is 6.87. The zero-order chi connectivity index (χ0) is 27.9. The summed E-state index contributed by atoms with van der Waals surface area (Å²) in [6, 6.07) is 13.5. The number of hydrogen-bond donors (Lipinski definition) is 0. The second-order valence-corrected chi connectivity index (χ2v) is 10.5. The SMILES string of the molecule is Cc1onc(C(=O)N2CCN(C)CCCN(C(=O)CC(C)C)c3ccccc3C2)c1COc1ccc(F)cc1. The average Bonchev–Trinajstić information content (AvgIpc) is 3.26. The number of rotatable bonds is 6. The Labute approximate surface area is 229 Å². The van der Waals surface area contributed by atoms with Crippen LogP contribution in [-0.2, 0) is 17.9 Å². The predicted molar refractivity (Wildman–Crippen MR) is 147 cm³/mol. The molecule has 8 nitrogen and oxygen atoms in total. The second-order valence-electron chi connectivity index (χ2n) is 10.5. The Morgan fingerprint density at radius 2 is 1.79 bits per heavy atom. The number of nitrogens with zero attached hydrogens (tertiary/aromatic N) is 4. The van der Waals surface area contributed by atoms with Crippen molar-refractivity contribution in [3.63, 3.8) is 0 Å². The van der Waals surface area contributed by atoms with Gasteiger partial charge in [0.15, 0.2) is 5.69 Å². The summed E-state index contributed by atoms with van der Waals surface area (Å²) in [5.74, 6) is 0.675. The van der Waals surface area contributed by atoms with Crippen molar-refractivity contribution in [3.05, 3.63) is 76.9 Å². The Morgan fingerprint density at radius 1 is 1.05 bits per heavy atom. The lowest BCUT2D eigenvalue weighted by Crippen LogP contribution is -2.38. The first-order valence-corrected chi connectivity index (χ1v) is 13.4. The maximum atomic E-state index is 13.9. The number of hydrogen-bond acceptors (Lipinski definition) is 6. The van der Waals surface area contributed by atoms with Gasteiger partial charge in [-0.15, -0.1) is 0 Å². The van der Waals surface area contributed by atoms with Gasteiger partial charge in [-0.2, -0.15) is 0 Å². The Morgan fingerprint density at radius 3 is 2.54 bits per heavy atom. The van der Waals surface area contributed by atoms with Gasteiger partial charge in [-0.05, 0) is 68.8 Å². The zero-order valence-corrected chi connectivity index (χ0v) is 23.2. The molecule has 39 heavy (non-hydrogen) atoms. The summed E-state index contributed by atoms with van der Waals surface area (Å²) in [6.45, 7) is 8.77. The smallest absolute Gasteiger partial charge is 0.276 e. The molecule has 0 atom stereocenters. The fourth-order valence-electron chi connectivity index (χ4n) is 4.67. The van der Waals surface area contributed by atoms with Crippen LogP contribution < -0.4 is 9.64 Å². The first-order valence-electron chi connectivity index (χ1n) is 13.4. The van der Waals surface area contributed by atoms with Crippen LogP contribution in [0.2, 0.25) is 0 Å². The van der Waals surface area contributed by atoms with E-state index >= 15 is 0 Å². The fraction of sp³-hybridized carbons (Fsp3) is 0.433. The number of ether oxygens (including phenoxy) is 1. The van der Waals surface area contributed by atoms with Crippen molar-refractivity contribution >= 4 is 17.5 Å². The monoisotopic (exact) mass is 536 g/mol. The first-order chi connectivity index (χ1) is 18.7. The molecular weight excluding hydrogens is 499 g/mol. The van der Waals surface area contributed by atoms with Crippen LogP contribution in [0.4, 0.5) is 10.1 Å². The zero-order valence-electron chi connectivity index (χ0n) is 23.2. The number of carbonyl (C=O) groups excluding carboxylic acids is 2. The van der Waals surface area contributed by atoms with Crippen LogP contribution in [0.5, 0.6) is 5.75 Å². The molecule has 1 aromatic heterocycles. The summed E-state index contributed by atoms with van der Waals surface area (Å²) >= 11 is 0. The summed E-state index contributed by atoms with van der Waals surface area (Å²) in [5, 5.41) is 4.10. The summed E-state index contributed by atoms with van der Waals surface area (Å²) in [6.07, 6.45) is 1.29. The minimum absolute atomic E-state index is 0.0594. The van der Waals surface area contributed by atoms with E-state index in [4.69, 9.17) is 9.26 Å². The third kappa shape index (κ3) is 7.23. The van der Waals surface area contributed by atoms with Crippen LogP contribution in [-0.4, -0.2) is 60.0 Å². The van der Waals surface area contributed by atoms with E-state index in [1.54, 1.807) is 11.8 Å². The minimum atomic E-state index is -0.353. The topological polar surface area (TPSA) is 79.1 Å². The van der Waals surface area contributed by atoms with Gasteiger partial charge in [-0.1, -0.05) is 37.2 Å². The van der Waals surface area contributed by atoms with E-state index in [1.165, 1.54) is 24.3 Å². The second kappa shape index (κ2) is 12.9. The van der Waals surface area contributed by atoms with Gasteiger partial charge in [0.2, 0.25) is 5.91 Å². The molecule has 0 fully saturated rings. The molecule has 0 saturated heterocycles. The summed E-state index contributed by atoms with van der Waals surface area (Å²) in [4.78, 5) is 33.0. The van der Waals surface area contributed by atoms with Gasteiger partial charge in [0.25, 0.3) is 5.91 Å². The molecule has 0 unspecified atom stereocenters. The fourth-order valence-corrected chi connectivity index (χ4v) is 4.67. The van der Waals surface area contributed by atoms with Crippen LogP contribution >= 0.6 is 0 Å². The number of halogens is 1. The molecule has 0 saturated carbocycles. The van der Waals surface area contributed by atoms with Crippen LogP contribution in [0.3, 0.4) is 0 Å². The normalized spacial score (nSPS) is 15.1. The van der Waals surface area contributed by atoms with Crippen molar-refractivity contribution in [2.24, 2.45) is 5.92 Å². The van der Waals surface area contributed by atoms with Gasteiger partial charge in [0.1, 0.15) is 23.9 Å². The molecule has 0 aliphatic carbocycles. The molecule has 3 aromatic rings. The minimum Gasteiger partial charge on any atom is -0.489 e. The molecule has 0 bridgehead atoms. The molecule has 0 N–H and O–H groups in total. The number of para-hydroxylation sites is 1. The molecular formula is C30H37FN4O4. The molecule has 9 heteroatoms. The van der Waals surface area contributed by atoms with E-state index in [9.17, 15) is 14.0 Å². The van der Waals surface area contributed by atoms with Crippen LogP contribution in [0.25, 0.3) is 0 Å². The molecule has 2 heterocycles. The number of anilines is 1. The quantitative estimate of drug-likeness (QED) is 0.438. The van der Waals surface area contributed by atoms with E-state index in [0.29, 0.717) is 49.7 Å². The van der Waals surface area contributed by atoms with Crippen molar-refractivity contribution in [2.75, 3.05) is 38.1 Å². The van der Waals surface area contributed by atoms with Crippen LogP contribution in [0, 0.1) is 18.7 Å². The largest absolute Gasteiger partial charge is 0.489 e. The maximum absolute atomic E-state index is 13.9. The van der Waals surface area contributed by atoms with Crippen molar-refractivity contribution in [3.8, 4) is 5.75 Å². The van der Waals surface area contributed by atoms with E-state index in [0.717, 1.165) is 24.2 Å². The number of likely N-dealkylation sites (N-methyl/N-ethyl adjacent to an activating group) is 1. The highest BCUT2D eigenvalue weighted by Crippen LogP contribution is 2.26. The highest BCUT2D eigenvalue weighted by molar-refractivity contribution is 5.95. The molecule has 4 rings (SSSR count). The number of carbonyl (C=O) groups is 2. The number of aryl methyl sites for hydroxylation is 1. The molecule has 208 valence electrons. The van der Waals surface area contributed by atoms with E-state index in [-0.39, 0.29) is 35.9 Å². The Hall–Kier alpha value is -3.72. The van der Waals surface area contributed by atoms with Crippen molar-refractivity contribution in [1.29, 1.82) is 0 Å². The lowest BCUT2D eigenvalue weighted by Gasteiger charge is -2.28. The third-order valence-electron chi connectivity index (χ3n) is 6.87. The number of benzene rings is 2. The highest BCUT2D eigenvalue weighted by atomic mass is 19.1. The van der Waals surface area contributed by atoms with E-state index < -0.39 is 0 Å². The predicted octanol–water partition coefficient (Wildman–Crippen LogP) is 5.06. The van der Waals surface area contributed by atoms with Gasteiger partial charge in [-0.25, -0.2) is 4.39 Å². The van der Waals surface area contributed by atoms with Crippen LogP contribution in [0.1, 0.15) is 54.1 Å². The molecule has 1 aliphatic heterocycles. The molecule has 0 radical (unpaired) electrons. The van der Waals surface area contributed by atoms with Crippen molar-refractivity contribution in [1.82, 2.24) is 15.0 Å². The lowest BCUT2D eigenvalue weighted by atomic mass is 10.1. The Kier molecular flexibility index (Phi) is 9.35. The van der Waals surface area contributed by atoms with Gasteiger partial charge >= 0.3 is 0 Å². The molecule has 0 spiro atoms. The Balaban J connectivity index is 1.62. The lowest BCUT2D eigenvalue weighted by molar-refractivity contribution is -0.119. The number of amides is 2. The molecule has 1 aliphatic rings. The summed E-state index contributed by atoms with van der Waals surface area (Å²) < 4.78 is 24.5. The number of aromatic nitrogens is 1. The summed E-state index contributed by atoms with van der Waals surface area (Å²) in [7, 11) is 2.02. The van der Waals surface area contributed by atoms with Gasteiger partial charge < -0.3 is 24.0 Å². The highest BCUT2D eigenvalue weighted by Gasteiger charge is 2.28. The number of fused-ring (bicyclic) bond motifs is 1. The maximum Gasteiger partial charge on any atom is 0.276 e. The summed E-state index contributed by atoms with van der Waals surface area (Å²) in [5.41, 5.74) is 2.48. The van der Waals surface area contributed by atoms with E-state index in [2.05, 4.69) is 10.1 Å². The van der Waals surface area contributed by atoms with Gasteiger partial charge in [0.05, 0.1) is 5.56 Å². The van der Waals surface area contributed by atoms with Crippen molar-refractivity contribution in [2.45, 2.75) is 46.8 Å². The van der Waals surface area contributed by atoms with E-state index in [1.807, 2.05) is 50.1 Å². The molecule has 2 aromatic carbocycles. The van der Waals surface area contributed by atoms with Gasteiger partial charge in [-0.3, -0.25) is 9.59 Å². The van der Waals surface area contributed by atoms with Crippen LogP contribution in [0.15, 0.2) is 53.1 Å². The molecule has 2 amide bonds. The Bertz CT molecular complexity index is 1270. The average molecular weight is 537 g/mol. The standard InChI is InChI=1S/C30H37FN4O4/c1-21(2)18-28(36)35-15-7-14-33(4)16-17-34(19-23-8-5-6-9-27(23)35)30(37)29-26(22(3)39-32-29)20-38-25-12-10-24(31)11-13-25/h5-6,8-13,21H,7,14-20H2,1-4H3. The van der Waals surface area contributed by atoms with Crippen molar-refractivity contribution < 1.29 is 23.2 Å². The van der Waals surface area contributed by atoms with Gasteiger partial charge in [0, 0.05) is 38.3 Å². The first kappa shape index (κ1) is 28.3.